The van der Waals surface area contributed by atoms with Crippen molar-refractivity contribution in [1.82, 2.24) is 10.4 Å². The van der Waals surface area contributed by atoms with E-state index in [1.807, 2.05) is 6.92 Å². The van der Waals surface area contributed by atoms with E-state index in [0.29, 0.717) is 6.42 Å². The van der Waals surface area contributed by atoms with Crippen LogP contribution in [-0.2, 0) is 11.2 Å². The van der Waals surface area contributed by atoms with Gasteiger partial charge in [-0.25, -0.2) is 10.8 Å². The van der Waals surface area contributed by atoms with Gasteiger partial charge in [0.2, 0.25) is 5.91 Å². The number of rotatable bonds is 2. The van der Waals surface area contributed by atoms with Crippen molar-refractivity contribution in [2.45, 2.75) is 13.3 Å². The largest absolute Gasteiger partial charge is 0.294 e. The number of nitrogens with one attached hydrogen (secondary N) is 1. The Morgan fingerprint density at radius 1 is 1.91 bits per heavy atom. The standard InChI is InChI=1S/C6H9N3OS/c1-4-8-3-5(11-4)2-6(10)9-7/h3H,2,7H2,1H3,(H,9,10). The molecule has 1 amide bonds. The molecule has 0 atom stereocenters. The Morgan fingerprint density at radius 2 is 2.64 bits per heavy atom. The van der Waals surface area contributed by atoms with Crippen LogP contribution in [0.4, 0.5) is 0 Å². The summed E-state index contributed by atoms with van der Waals surface area (Å²) in [6.45, 7) is 1.90. The number of carbonyl (C=O) groups is 1. The molecule has 11 heavy (non-hydrogen) atoms. The minimum atomic E-state index is -0.186. The zero-order chi connectivity index (χ0) is 8.27. The summed E-state index contributed by atoms with van der Waals surface area (Å²) >= 11 is 1.50. The molecule has 5 heteroatoms. The van der Waals surface area contributed by atoms with E-state index in [1.165, 1.54) is 11.3 Å². The quantitative estimate of drug-likeness (QED) is 0.373. The lowest BCUT2D eigenvalue weighted by atomic mass is 10.4. The Balaban J connectivity index is 2.57. The normalized spacial score (nSPS) is 9.64. The number of thiazole rings is 1. The predicted octanol–water partition coefficient (Wildman–Crippen LogP) is -0.0161. The number of hydrogen-bond acceptors (Lipinski definition) is 4. The van der Waals surface area contributed by atoms with E-state index in [9.17, 15) is 4.79 Å². The van der Waals surface area contributed by atoms with Crippen LogP contribution in [0.5, 0.6) is 0 Å². The van der Waals surface area contributed by atoms with Gasteiger partial charge in [0.25, 0.3) is 0 Å². The van der Waals surface area contributed by atoms with Crippen molar-refractivity contribution in [1.29, 1.82) is 0 Å². The van der Waals surface area contributed by atoms with Crippen molar-refractivity contribution in [2.75, 3.05) is 0 Å². The van der Waals surface area contributed by atoms with Crippen LogP contribution >= 0.6 is 11.3 Å². The number of aryl methyl sites for hydroxylation is 1. The first kappa shape index (κ1) is 8.16. The first-order valence-electron chi connectivity index (χ1n) is 3.13. The first-order chi connectivity index (χ1) is 5.22. The van der Waals surface area contributed by atoms with E-state index in [2.05, 4.69) is 10.4 Å². The van der Waals surface area contributed by atoms with Gasteiger partial charge in [-0.3, -0.25) is 10.2 Å². The highest BCUT2D eigenvalue weighted by Crippen LogP contribution is 2.11. The molecule has 0 radical (unpaired) electrons. The summed E-state index contributed by atoms with van der Waals surface area (Å²) in [5, 5.41) is 0.963. The van der Waals surface area contributed by atoms with Crippen LogP contribution in [0.3, 0.4) is 0 Å². The average Bonchev–Trinajstić information content (AvgIpc) is 2.35. The van der Waals surface area contributed by atoms with E-state index in [4.69, 9.17) is 5.84 Å². The highest BCUT2D eigenvalue weighted by Gasteiger charge is 2.03. The number of nitrogens with zero attached hydrogens (tertiary/aromatic N) is 1. The lowest BCUT2D eigenvalue weighted by Gasteiger charge is -1.93. The van der Waals surface area contributed by atoms with Gasteiger partial charge in [-0.15, -0.1) is 11.3 Å². The Kier molecular flexibility index (Phi) is 2.56. The van der Waals surface area contributed by atoms with Gasteiger partial charge in [-0.1, -0.05) is 0 Å². The summed E-state index contributed by atoms with van der Waals surface area (Å²) in [5.74, 6) is 4.72. The Morgan fingerprint density at radius 3 is 3.09 bits per heavy atom. The molecule has 60 valence electrons. The molecule has 0 spiro atoms. The Labute approximate surface area is 68.4 Å². The third-order valence-corrected chi connectivity index (χ3v) is 2.08. The van der Waals surface area contributed by atoms with Crippen LogP contribution in [0.15, 0.2) is 6.20 Å². The summed E-state index contributed by atoms with van der Waals surface area (Å²) < 4.78 is 0. The number of aromatic nitrogens is 1. The third-order valence-electron chi connectivity index (χ3n) is 1.16. The fourth-order valence-corrected chi connectivity index (χ4v) is 1.49. The Bertz CT molecular complexity index is 258. The van der Waals surface area contributed by atoms with Gasteiger partial charge < -0.3 is 0 Å². The first-order valence-corrected chi connectivity index (χ1v) is 3.95. The minimum absolute atomic E-state index is 0.186. The molecule has 0 unspecified atom stereocenters. The van der Waals surface area contributed by atoms with Gasteiger partial charge in [-0.2, -0.15) is 0 Å². The van der Waals surface area contributed by atoms with Crippen LogP contribution in [-0.4, -0.2) is 10.9 Å². The summed E-state index contributed by atoms with van der Waals surface area (Å²) in [6.07, 6.45) is 2.01. The molecule has 0 aromatic carbocycles. The summed E-state index contributed by atoms with van der Waals surface area (Å²) in [6, 6.07) is 0. The SMILES string of the molecule is Cc1ncc(CC(=O)NN)s1. The third kappa shape index (κ3) is 2.28. The van der Waals surface area contributed by atoms with Crippen LogP contribution < -0.4 is 11.3 Å². The van der Waals surface area contributed by atoms with Gasteiger partial charge in [0.05, 0.1) is 11.4 Å². The lowest BCUT2D eigenvalue weighted by Crippen LogP contribution is -2.31. The van der Waals surface area contributed by atoms with Crippen molar-refractivity contribution in [2.24, 2.45) is 5.84 Å². The lowest BCUT2D eigenvalue weighted by molar-refractivity contribution is -0.120. The smallest absolute Gasteiger partial charge is 0.239 e. The molecule has 0 fully saturated rings. The molecule has 0 bridgehead atoms. The summed E-state index contributed by atoms with van der Waals surface area (Å²) in [4.78, 5) is 15.7. The molecule has 0 aliphatic heterocycles. The molecule has 4 nitrogen and oxygen atoms in total. The minimum Gasteiger partial charge on any atom is -0.294 e. The number of hydrazine groups is 1. The van der Waals surface area contributed by atoms with Gasteiger partial charge in [0.15, 0.2) is 0 Å². The van der Waals surface area contributed by atoms with Crippen LogP contribution in [0.25, 0.3) is 0 Å². The second-order valence-electron chi connectivity index (χ2n) is 2.09. The topological polar surface area (TPSA) is 68.0 Å². The van der Waals surface area contributed by atoms with E-state index in [1.54, 1.807) is 6.20 Å². The second-order valence-corrected chi connectivity index (χ2v) is 3.41. The molecule has 0 aliphatic carbocycles. The number of carbonyl (C=O) groups excluding carboxylic acids is 1. The predicted molar refractivity (Wildman–Crippen MR) is 42.9 cm³/mol. The molecule has 1 heterocycles. The van der Waals surface area contributed by atoms with E-state index in [-0.39, 0.29) is 5.91 Å². The summed E-state index contributed by atoms with van der Waals surface area (Å²) in [7, 11) is 0. The van der Waals surface area contributed by atoms with Crippen molar-refractivity contribution in [3.05, 3.63) is 16.1 Å². The number of hydrogen-bond donors (Lipinski definition) is 2. The zero-order valence-corrected chi connectivity index (χ0v) is 6.94. The number of nitrogens with two attached hydrogens (primary N) is 1. The van der Waals surface area contributed by atoms with Gasteiger partial charge in [0.1, 0.15) is 0 Å². The molecule has 0 saturated carbocycles. The molecule has 1 rings (SSSR count). The van der Waals surface area contributed by atoms with Crippen molar-refractivity contribution >= 4 is 17.2 Å². The summed E-state index contributed by atoms with van der Waals surface area (Å²) in [5.41, 5.74) is 2.06. The van der Waals surface area contributed by atoms with Crippen LogP contribution in [0.2, 0.25) is 0 Å². The van der Waals surface area contributed by atoms with Crippen molar-refractivity contribution < 1.29 is 4.79 Å². The highest BCUT2D eigenvalue weighted by atomic mass is 32.1. The maximum absolute atomic E-state index is 10.7. The fourth-order valence-electron chi connectivity index (χ4n) is 0.696. The van der Waals surface area contributed by atoms with Crippen molar-refractivity contribution in [3.8, 4) is 0 Å². The fraction of sp³-hybridized carbons (Fsp3) is 0.333. The second kappa shape index (κ2) is 3.45. The van der Waals surface area contributed by atoms with E-state index >= 15 is 0 Å². The maximum atomic E-state index is 10.7. The molecule has 1 aromatic rings. The molecule has 1 aromatic heterocycles. The maximum Gasteiger partial charge on any atom is 0.239 e. The van der Waals surface area contributed by atoms with E-state index < -0.39 is 0 Å². The van der Waals surface area contributed by atoms with Crippen LogP contribution in [0, 0.1) is 6.92 Å². The van der Waals surface area contributed by atoms with Crippen molar-refractivity contribution in [3.63, 3.8) is 0 Å². The van der Waals surface area contributed by atoms with Gasteiger partial charge >= 0.3 is 0 Å². The monoisotopic (exact) mass is 171 g/mol. The van der Waals surface area contributed by atoms with Crippen LogP contribution in [0.1, 0.15) is 9.88 Å². The molecule has 0 aliphatic rings. The average molecular weight is 171 g/mol. The Hall–Kier alpha value is -0.940. The molecular formula is C6H9N3OS. The molecule has 0 saturated heterocycles. The highest BCUT2D eigenvalue weighted by molar-refractivity contribution is 7.11. The molecule has 3 N–H and O–H groups in total. The van der Waals surface area contributed by atoms with Gasteiger partial charge in [0, 0.05) is 11.1 Å². The van der Waals surface area contributed by atoms with E-state index in [0.717, 1.165) is 9.88 Å². The number of amides is 1. The zero-order valence-electron chi connectivity index (χ0n) is 6.13. The van der Waals surface area contributed by atoms with Gasteiger partial charge in [-0.05, 0) is 6.92 Å². The molecular weight excluding hydrogens is 162 g/mol.